The number of anilines is 1. The Balaban J connectivity index is 2.16. The first-order chi connectivity index (χ1) is 8.58. The monoisotopic (exact) mass is 325 g/mol. The summed E-state index contributed by atoms with van der Waals surface area (Å²) in [6, 6.07) is 11.0. The summed E-state index contributed by atoms with van der Waals surface area (Å²) in [5.41, 5.74) is 2.95. The van der Waals surface area contributed by atoms with E-state index in [1.165, 1.54) is 0 Å². The molecule has 2 aromatic rings. The highest BCUT2D eigenvalue weighted by molar-refractivity contribution is 9.10. The molecule has 0 heterocycles. The lowest BCUT2D eigenvalue weighted by Gasteiger charge is -2.12. The van der Waals surface area contributed by atoms with Crippen molar-refractivity contribution in [2.24, 2.45) is 0 Å². The summed E-state index contributed by atoms with van der Waals surface area (Å²) in [5.74, 6) is 0.250. The minimum absolute atomic E-state index is 0.250. The molecule has 94 valence electrons. The van der Waals surface area contributed by atoms with Crippen LogP contribution in [0.2, 0.25) is 5.02 Å². The first-order valence-corrected chi connectivity index (χ1v) is 6.71. The molecule has 0 aliphatic rings. The second-order valence-corrected chi connectivity index (χ2v) is 5.33. The maximum atomic E-state index is 9.73. The molecule has 2 rings (SSSR count). The number of phenols is 1. The number of hydrogen-bond acceptors (Lipinski definition) is 2. The Bertz CT molecular complexity index is 570. The van der Waals surface area contributed by atoms with Crippen molar-refractivity contribution >= 4 is 33.2 Å². The Kier molecular flexibility index (Phi) is 4.15. The van der Waals surface area contributed by atoms with Gasteiger partial charge >= 0.3 is 0 Å². The minimum atomic E-state index is 0.250. The lowest BCUT2D eigenvalue weighted by molar-refractivity contribution is 0.469. The number of nitrogens with one attached hydrogen (secondary N) is 1. The average molecular weight is 327 g/mol. The van der Waals surface area contributed by atoms with Crippen molar-refractivity contribution in [1.29, 1.82) is 0 Å². The van der Waals surface area contributed by atoms with Crippen LogP contribution in [0.1, 0.15) is 11.1 Å². The molecule has 0 aliphatic heterocycles. The van der Waals surface area contributed by atoms with Gasteiger partial charge in [-0.25, -0.2) is 0 Å². The Labute approximate surface area is 120 Å². The highest BCUT2D eigenvalue weighted by Gasteiger charge is 2.04. The van der Waals surface area contributed by atoms with Crippen LogP contribution < -0.4 is 5.32 Å². The van der Waals surface area contributed by atoms with Crippen LogP contribution in [0.5, 0.6) is 5.75 Å². The second-order valence-electron chi connectivity index (χ2n) is 4.04. The van der Waals surface area contributed by atoms with Crippen molar-refractivity contribution in [2.75, 3.05) is 5.32 Å². The van der Waals surface area contributed by atoms with E-state index >= 15 is 0 Å². The van der Waals surface area contributed by atoms with Crippen molar-refractivity contribution in [1.82, 2.24) is 0 Å². The number of benzene rings is 2. The predicted molar refractivity (Wildman–Crippen MR) is 79.3 cm³/mol. The van der Waals surface area contributed by atoms with Gasteiger partial charge in [0, 0.05) is 27.3 Å². The normalized spacial score (nSPS) is 10.4. The van der Waals surface area contributed by atoms with Crippen LogP contribution in [0.25, 0.3) is 0 Å². The maximum Gasteiger partial charge on any atom is 0.120 e. The third kappa shape index (κ3) is 2.98. The quantitative estimate of drug-likeness (QED) is 0.854. The van der Waals surface area contributed by atoms with E-state index in [-0.39, 0.29) is 5.75 Å². The Morgan fingerprint density at radius 3 is 2.83 bits per heavy atom. The number of hydrogen-bond donors (Lipinski definition) is 2. The fourth-order valence-electron chi connectivity index (χ4n) is 1.69. The Morgan fingerprint density at radius 2 is 2.06 bits per heavy atom. The molecule has 0 aliphatic carbocycles. The van der Waals surface area contributed by atoms with Crippen LogP contribution in [-0.4, -0.2) is 5.11 Å². The van der Waals surface area contributed by atoms with Gasteiger partial charge < -0.3 is 10.4 Å². The molecule has 0 saturated carbocycles. The predicted octanol–water partition coefficient (Wildman–Crippen LogP) is 4.73. The van der Waals surface area contributed by atoms with Crippen molar-refractivity contribution in [3.63, 3.8) is 0 Å². The zero-order valence-electron chi connectivity index (χ0n) is 9.87. The zero-order chi connectivity index (χ0) is 13.1. The van der Waals surface area contributed by atoms with E-state index in [0.717, 1.165) is 21.3 Å². The van der Waals surface area contributed by atoms with Gasteiger partial charge in [0.25, 0.3) is 0 Å². The van der Waals surface area contributed by atoms with Gasteiger partial charge in [-0.2, -0.15) is 0 Å². The van der Waals surface area contributed by atoms with Crippen molar-refractivity contribution in [3.05, 3.63) is 57.0 Å². The van der Waals surface area contributed by atoms with E-state index in [2.05, 4.69) is 21.2 Å². The van der Waals surface area contributed by atoms with Gasteiger partial charge in [-0.05, 0) is 42.8 Å². The molecule has 4 heteroatoms. The first kappa shape index (κ1) is 13.2. The van der Waals surface area contributed by atoms with Crippen LogP contribution >= 0.6 is 27.5 Å². The van der Waals surface area contributed by atoms with Gasteiger partial charge in [-0.3, -0.25) is 0 Å². The summed E-state index contributed by atoms with van der Waals surface area (Å²) < 4.78 is 1.06. The topological polar surface area (TPSA) is 32.3 Å². The standard InChI is InChI=1S/C14H13BrClNO/c1-9-12(15)3-2-4-13(9)17-8-10-7-11(16)5-6-14(10)18/h2-7,17-18H,8H2,1H3. The van der Waals surface area contributed by atoms with Crippen molar-refractivity contribution in [2.45, 2.75) is 13.5 Å². The van der Waals surface area contributed by atoms with Crippen LogP contribution in [0.4, 0.5) is 5.69 Å². The van der Waals surface area contributed by atoms with Crippen LogP contribution in [0.15, 0.2) is 40.9 Å². The molecule has 0 amide bonds. The number of phenolic OH excluding ortho intramolecular Hbond substituents is 1. The van der Waals surface area contributed by atoms with Crippen molar-refractivity contribution < 1.29 is 5.11 Å². The highest BCUT2D eigenvalue weighted by Crippen LogP contribution is 2.26. The summed E-state index contributed by atoms with van der Waals surface area (Å²) in [6.07, 6.45) is 0. The molecule has 0 aromatic heterocycles. The van der Waals surface area contributed by atoms with Gasteiger partial charge in [0.05, 0.1) is 0 Å². The number of aromatic hydroxyl groups is 1. The van der Waals surface area contributed by atoms with Crippen LogP contribution in [0.3, 0.4) is 0 Å². The first-order valence-electron chi connectivity index (χ1n) is 5.54. The van der Waals surface area contributed by atoms with E-state index in [9.17, 15) is 5.11 Å². The number of rotatable bonds is 3. The molecule has 0 bridgehead atoms. The van der Waals surface area contributed by atoms with E-state index < -0.39 is 0 Å². The van der Waals surface area contributed by atoms with Gasteiger partial charge in [0.2, 0.25) is 0 Å². The Hall–Kier alpha value is -1.19. The lowest BCUT2D eigenvalue weighted by Crippen LogP contribution is -2.01. The molecule has 2 N–H and O–H groups in total. The molecular weight excluding hydrogens is 314 g/mol. The minimum Gasteiger partial charge on any atom is -0.508 e. The molecule has 0 unspecified atom stereocenters. The highest BCUT2D eigenvalue weighted by atomic mass is 79.9. The summed E-state index contributed by atoms with van der Waals surface area (Å²) in [4.78, 5) is 0. The zero-order valence-corrected chi connectivity index (χ0v) is 12.2. The summed E-state index contributed by atoms with van der Waals surface area (Å²) in [7, 11) is 0. The molecule has 2 aromatic carbocycles. The second kappa shape index (κ2) is 5.63. The van der Waals surface area contributed by atoms with E-state index in [4.69, 9.17) is 11.6 Å². The summed E-state index contributed by atoms with van der Waals surface area (Å²) in [5, 5.41) is 13.6. The average Bonchev–Trinajstić information content (AvgIpc) is 2.35. The summed E-state index contributed by atoms with van der Waals surface area (Å²) >= 11 is 9.40. The fourth-order valence-corrected chi connectivity index (χ4v) is 2.25. The summed E-state index contributed by atoms with van der Waals surface area (Å²) in [6.45, 7) is 2.56. The van der Waals surface area contributed by atoms with E-state index in [0.29, 0.717) is 11.6 Å². The number of halogens is 2. The SMILES string of the molecule is Cc1c(Br)cccc1NCc1cc(Cl)ccc1O. The molecule has 0 saturated heterocycles. The maximum absolute atomic E-state index is 9.73. The smallest absolute Gasteiger partial charge is 0.120 e. The third-order valence-corrected chi connectivity index (χ3v) is 3.87. The molecule has 2 nitrogen and oxygen atoms in total. The molecule has 0 atom stereocenters. The fraction of sp³-hybridized carbons (Fsp3) is 0.143. The van der Waals surface area contributed by atoms with Gasteiger partial charge in [0.15, 0.2) is 0 Å². The molecule has 0 spiro atoms. The van der Waals surface area contributed by atoms with E-state index in [1.54, 1.807) is 18.2 Å². The molecule has 18 heavy (non-hydrogen) atoms. The molecule has 0 fully saturated rings. The van der Waals surface area contributed by atoms with Crippen molar-refractivity contribution in [3.8, 4) is 5.75 Å². The molecular formula is C14H13BrClNO. The van der Waals surface area contributed by atoms with Crippen LogP contribution in [0, 0.1) is 6.92 Å². The van der Waals surface area contributed by atoms with Gasteiger partial charge in [-0.1, -0.05) is 33.6 Å². The lowest BCUT2D eigenvalue weighted by atomic mass is 10.1. The Morgan fingerprint density at radius 1 is 1.28 bits per heavy atom. The van der Waals surface area contributed by atoms with Gasteiger partial charge in [0.1, 0.15) is 5.75 Å². The van der Waals surface area contributed by atoms with E-state index in [1.807, 2.05) is 25.1 Å². The largest absolute Gasteiger partial charge is 0.508 e. The van der Waals surface area contributed by atoms with Crippen LogP contribution in [-0.2, 0) is 6.54 Å². The third-order valence-electron chi connectivity index (χ3n) is 2.78. The van der Waals surface area contributed by atoms with Gasteiger partial charge in [-0.15, -0.1) is 0 Å². The molecule has 0 radical (unpaired) electrons.